The Balaban J connectivity index is 2.01. The molecule has 0 spiro atoms. The highest BCUT2D eigenvalue weighted by Crippen LogP contribution is 2.23. The van der Waals surface area contributed by atoms with Gasteiger partial charge in [0.2, 0.25) is 0 Å². The van der Waals surface area contributed by atoms with Crippen LogP contribution in [0.25, 0.3) is 6.08 Å². The number of carboxylic acids is 1. The fraction of sp³-hybridized carbons (Fsp3) is 0.133. The second-order valence-corrected chi connectivity index (χ2v) is 5.37. The summed E-state index contributed by atoms with van der Waals surface area (Å²) >= 11 is 1.44. The predicted molar refractivity (Wildman–Crippen MR) is 76.5 cm³/mol. The molecular formula is C15H13FO3S. The number of carbonyl (C=O) groups is 1. The molecule has 0 fully saturated rings. The molecule has 0 atom stereocenters. The lowest BCUT2D eigenvalue weighted by Crippen LogP contribution is -1.95. The normalized spacial score (nSPS) is 10.9. The fourth-order valence-electron chi connectivity index (χ4n) is 1.59. The highest BCUT2D eigenvalue weighted by atomic mass is 32.1. The lowest BCUT2D eigenvalue weighted by Gasteiger charge is -2.07. The Morgan fingerprint density at radius 1 is 1.40 bits per heavy atom. The Labute approximate surface area is 119 Å². The molecule has 0 aliphatic heterocycles. The SMILES string of the molecule is Cc1ccc(F)cc1OCc1ccc(/C=C/C(=O)O)s1. The van der Waals surface area contributed by atoms with Crippen LogP contribution in [0.15, 0.2) is 36.4 Å². The van der Waals surface area contributed by atoms with Gasteiger partial charge in [-0.05, 0) is 36.8 Å². The minimum Gasteiger partial charge on any atom is -0.488 e. The molecule has 2 rings (SSSR count). The summed E-state index contributed by atoms with van der Waals surface area (Å²) in [7, 11) is 0. The Morgan fingerprint density at radius 3 is 2.95 bits per heavy atom. The molecule has 0 saturated carbocycles. The zero-order valence-corrected chi connectivity index (χ0v) is 11.6. The molecular weight excluding hydrogens is 279 g/mol. The van der Waals surface area contributed by atoms with Gasteiger partial charge < -0.3 is 9.84 Å². The number of aryl methyl sites for hydroxylation is 1. The van der Waals surface area contributed by atoms with Crippen molar-refractivity contribution in [3.05, 3.63) is 57.5 Å². The van der Waals surface area contributed by atoms with Gasteiger partial charge in [0, 0.05) is 21.9 Å². The first-order chi connectivity index (χ1) is 9.54. The molecule has 2 aromatic rings. The van der Waals surface area contributed by atoms with Crippen molar-refractivity contribution in [2.24, 2.45) is 0 Å². The molecule has 104 valence electrons. The van der Waals surface area contributed by atoms with Crippen LogP contribution in [0.2, 0.25) is 0 Å². The van der Waals surface area contributed by atoms with E-state index in [0.717, 1.165) is 21.4 Å². The molecule has 0 bridgehead atoms. The largest absolute Gasteiger partial charge is 0.488 e. The van der Waals surface area contributed by atoms with Gasteiger partial charge in [0.05, 0.1) is 0 Å². The zero-order chi connectivity index (χ0) is 14.5. The van der Waals surface area contributed by atoms with Crippen molar-refractivity contribution in [2.45, 2.75) is 13.5 Å². The van der Waals surface area contributed by atoms with Gasteiger partial charge >= 0.3 is 5.97 Å². The van der Waals surface area contributed by atoms with Gasteiger partial charge in [0.15, 0.2) is 0 Å². The van der Waals surface area contributed by atoms with E-state index < -0.39 is 5.97 Å². The number of benzene rings is 1. The van der Waals surface area contributed by atoms with Crippen molar-refractivity contribution in [3.8, 4) is 5.75 Å². The van der Waals surface area contributed by atoms with Gasteiger partial charge in [0.1, 0.15) is 18.2 Å². The van der Waals surface area contributed by atoms with E-state index in [-0.39, 0.29) is 5.82 Å². The summed E-state index contributed by atoms with van der Waals surface area (Å²) in [4.78, 5) is 12.2. The first-order valence-electron chi connectivity index (χ1n) is 5.93. The predicted octanol–water partition coefficient (Wildman–Crippen LogP) is 3.87. The second-order valence-electron chi connectivity index (χ2n) is 4.17. The summed E-state index contributed by atoms with van der Waals surface area (Å²) in [5.41, 5.74) is 0.869. The number of halogens is 1. The lowest BCUT2D eigenvalue weighted by atomic mass is 10.2. The van der Waals surface area contributed by atoms with Gasteiger partial charge in [-0.15, -0.1) is 11.3 Å². The summed E-state index contributed by atoms with van der Waals surface area (Å²) in [6.45, 7) is 2.18. The van der Waals surface area contributed by atoms with Crippen molar-refractivity contribution in [1.29, 1.82) is 0 Å². The van der Waals surface area contributed by atoms with E-state index in [1.807, 2.05) is 19.1 Å². The van der Waals surface area contributed by atoms with E-state index in [9.17, 15) is 9.18 Å². The van der Waals surface area contributed by atoms with Crippen LogP contribution in [0.1, 0.15) is 15.3 Å². The minimum absolute atomic E-state index is 0.329. The summed E-state index contributed by atoms with van der Waals surface area (Å²) < 4.78 is 18.7. The Morgan fingerprint density at radius 2 is 2.20 bits per heavy atom. The molecule has 5 heteroatoms. The second kappa shape index (κ2) is 6.34. The van der Waals surface area contributed by atoms with Crippen molar-refractivity contribution < 1.29 is 19.0 Å². The topological polar surface area (TPSA) is 46.5 Å². The van der Waals surface area contributed by atoms with Crippen molar-refractivity contribution >= 4 is 23.4 Å². The fourth-order valence-corrected chi connectivity index (χ4v) is 2.42. The van der Waals surface area contributed by atoms with Crippen LogP contribution in [0.4, 0.5) is 4.39 Å². The van der Waals surface area contributed by atoms with Crippen molar-refractivity contribution in [1.82, 2.24) is 0 Å². The highest BCUT2D eigenvalue weighted by molar-refractivity contribution is 7.12. The van der Waals surface area contributed by atoms with E-state index in [1.165, 1.54) is 29.5 Å². The van der Waals surface area contributed by atoms with Crippen LogP contribution < -0.4 is 4.74 Å². The van der Waals surface area contributed by atoms with Gasteiger partial charge in [0.25, 0.3) is 0 Å². The molecule has 1 aromatic carbocycles. The number of hydrogen-bond donors (Lipinski definition) is 1. The standard InChI is InChI=1S/C15H13FO3S/c1-10-2-3-11(16)8-14(10)19-9-13-5-4-12(20-13)6-7-15(17)18/h2-8H,9H2,1H3,(H,17,18)/b7-6+. The van der Waals surface area contributed by atoms with E-state index in [0.29, 0.717) is 12.4 Å². The van der Waals surface area contributed by atoms with Crippen LogP contribution in [-0.2, 0) is 11.4 Å². The molecule has 0 radical (unpaired) electrons. The third-order valence-corrected chi connectivity index (χ3v) is 3.62. The smallest absolute Gasteiger partial charge is 0.328 e. The Kier molecular flexibility index (Phi) is 4.53. The summed E-state index contributed by atoms with van der Waals surface area (Å²) in [6.07, 6.45) is 2.62. The first-order valence-corrected chi connectivity index (χ1v) is 6.75. The molecule has 0 saturated heterocycles. The number of thiophene rings is 1. The van der Waals surface area contributed by atoms with Crippen LogP contribution in [-0.4, -0.2) is 11.1 Å². The van der Waals surface area contributed by atoms with Gasteiger partial charge in [-0.3, -0.25) is 0 Å². The van der Waals surface area contributed by atoms with Crippen LogP contribution >= 0.6 is 11.3 Å². The van der Waals surface area contributed by atoms with Crippen LogP contribution in [0.5, 0.6) is 5.75 Å². The average Bonchev–Trinajstić information content (AvgIpc) is 2.85. The molecule has 20 heavy (non-hydrogen) atoms. The highest BCUT2D eigenvalue weighted by Gasteiger charge is 2.04. The third-order valence-electron chi connectivity index (χ3n) is 2.59. The number of ether oxygens (including phenoxy) is 1. The molecule has 0 aliphatic rings. The summed E-state index contributed by atoms with van der Waals surface area (Å²) in [6, 6.07) is 8.10. The van der Waals surface area contributed by atoms with E-state index >= 15 is 0 Å². The van der Waals surface area contributed by atoms with Gasteiger partial charge in [-0.2, -0.15) is 0 Å². The molecule has 1 N–H and O–H groups in total. The maximum absolute atomic E-state index is 13.1. The zero-order valence-electron chi connectivity index (χ0n) is 10.8. The first kappa shape index (κ1) is 14.3. The molecule has 0 amide bonds. The van der Waals surface area contributed by atoms with Crippen molar-refractivity contribution in [2.75, 3.05) is 0 Å². The van der Waals surface area contributed by atoms with Crippen molar-refractivity contribution in [3.63, 3.8) is 0 Å². The monoisotopic (exact) mass is 292 g/mol. The van der Waals surface area contributed by atoms with Crippen LogP contribution in [0.3, 0.4) is 0 Å². The van der Waals surface area contributed by atoms with Gasteiger partial charge in [-0.1, -0.05) is 6.07 Å². The quantitative estimate of drug-likeness (QED) is 0.851. The van der Waals surface area contributed by atoms with Crippen LogP contribution in [0, 0.1) is 12.7 Å². The number of aliphatic carboxylic acids is 1. The maximum Gasteiger partial charge on any atom is 0.328 e. The molecule has 0 aliphatic carbocycles. The summed E-state index contributed by atoms with van der Waals surface area (Å²) in [5, 5.41) is 8.55. The molecule has 0 unspecified atom stereocenters. The number of rotatable bonds is 5. The lowest BCUT2D eigenvalue weighted by molar-refractivity contribution is -0.131. The Hall–Kier alpha value is -2.14. The minimum atomic E-state index is -0.980. The van der Waals surface area contributed by atoms with E-state index in [4.69, 9.17) is 9.84 Å². The number of carboxylic acid groups (broad SMARTS) is 1. The van der Waals surface area contributed by atoms with E-state index in [2.05, 4.69) is 0 Å². The molecule has 1 heterocycles. The number of hydrogen-bond acceptors (Lipinski definition) is 3. The molecule has 1 aromatic heterocycles. The average molecular weight is 292 g/mol. The molecule has 3 nitrogen and oxygen atoms in total. The maximum atomic E-state index is 13.1. The third kappa shape index (κ3) is 3.93. The summed E-state index contributed by atoms with van der Waals surface area (Å²) in [5.74, 6) is -0.797. The van der Waals surface area contributed by atoms with E-state index in [1.54, 1.807) is 6.07 Å². The van der Waals surface area contributed by atoms with Gasteiger partial charge in [-0.25, -0.2) is 9.18 Å². The Bertz CT molecular complexity index is 646.